The Labute approximate surface area is 110 Å². The molecule has 0 spiro atoms. The van der Waals surface area contributed by atoms with Crippen LogP contribution in [0.5, 0.6) is 0 Å². The van der Waals surface area contributed by atoms with Gasteiger partial charge in [0, 0.05) is 21.6 Å². The van der Waals surface area contributed by atoms with E-state index in [4.69, 9.17) is 15.9 Å². The first-order chi connectivity index (χ1) is 7.82. The van der Waals surface area contributed by atoms with E-state index >= 15 is 0 Å². The molecular weight excluding hydrogens is 336 g/mol. The largest absolute Gasteiger partial charge is 0.292 e. The maximum atomic E-state index is 11.2. The van der Waals surface area contributed by atoms with Crippen molar-refractivity contribution < 1.29 is 13.3 Å². The van der Waals surface area contributed by atoms with Crippen LogP contribution in [-0.2, 0) is 14.4 Å². The normalized spacial score (nSPS) is 10.9. The molecule has 0 aliphatic carbocycles. The van der Waals surface area contributed by atoms with Crippen LogP contribution in [0.25, 0.3) is 0 Å². The van der Waals surface area contributed by atoms with Gasteiger partial charge in [0.25, 0.3) is 14.7 Å². The molecule has 1 rings (SSSR count). The van der Waals surface area contributed by atoms with Crippen molar-refractivity contribution in [2.45, 2.75) is 10.2 Å². The Bertz CT molecular complexity index is 623. The highest BCUT2D eigenvalue weighted by atomic mass is 79.9. The summed E-state index contributed by atoms with van der Waals surface area (Å²) in [4.78, 5) is 9.47. The highest BCUT2D eigenvalue weighted by molar-refractivity contribution is 9.08. The molecule has 0 bridgehead atoms. The van der Waals surface area contributed by atoms with Gasteiger partial charge in [-0.3, -0.25) is 10.1 Å². The molecule has 0 aromatic heterocycles. The van der Waals surface area contributed by atoms with E-state index in [1.54, 1.807) is 0 Å². The Morgan fingerprint density at radius 1 is 1.53 bits per heavy atom. The standard InChI is InChI=1S/C8H4BrClN2O4S/c9-3-5-1-2-7(17(10,15)16)6(4-11)8(5)12(13)14/h1-2H,3H2. The molecule has 0 saturated carbocycles. The quantitative estimate of drug-likeness (QED) is 0.364. The fourth-order valence-electron chi connectivity index (χ4n) is 1.24. The SMILES string of the molecule is N#Cc1c(S(=O)(=O)Cl)ccc(CBr)c1[N+](=O)[O-]. The van der Waals surface area contributed by atoms with Crippen LogP contribution >= 0.6 is 26.6 Å². The van der Waals surface area contributed by atoms with Gasteiger partial charge < -0.3 is 0 Å². The molecule has 90 valence electrons. The number of hydrogen-bond acceptors (Lipinski definition) is 5. The molecule has 0 unspecified atom stereocenters. The van der Waals surface area contributed by atoms with Crippen molar-refractivity contribution in [3.63, 3.8) is 0 Å². The molecule has 0 atom stereocenters. The summed E-state index contributed by atoms with van der Waals surface area (Å²) < 4.78 is 22.3. The Morgan fingerprint density at radius 3 is 2.47 bits per heavy atom. The molecular formula is C8H4BrClN2O4S. The summed E-state index contributed by atoms with van der Waals surface area (Å²) in [6, 6.07) is 3.81. The van der Waals surface area contributed by atoms with E-state index in [1.807, 2.05) is 0 Å². The molecule has 1 aromatic rings. The molecule has 1 aromatic carbocycles. The van der Waals surface area contributed by atoms with Gasteiger partial charge in [-0.1, -0.05) is 15.9 Å². The topological polar surface area (TPSA) is 101 Å². The van der Waals surface area contributed by atoms with Crippen LogP contribution in [0.15, 0.2) is 17.0 Å². The maximum Gasteiger partial charge on any atom is 0.292 e. The molecule has 0 aliphatic rings. The van der Waals surface area contributed by atoms with E-state index in [9.17, 15) is 18.5 Å². The second kappa shape index (κ2) is 5.00. The lowest BCUT2D eigenvalue weighted by Gasteiger charge is -2.04. The molecule has 6 nitrogen and oxygen atoms in total. The maximum absolute atomic E-state index is 11.2. The minimum Gasteiger partial charge on any atom is -0.258 e. The molecule has 17 heavy (non-hydrogen) atoms. The van der Waals surface area contributed by atoms with Gasteiger partial charge in [-0.15, -0.1) is 0 Å². The molecule has 0 radical (unpaired) electrons. The van der Waals surface area contributed by atoms with Gasteiger partial charge >= 0.3 is 0 Å². The molecule has 9 heteroatoms. The number of hydrogen-bond donors (Lipinski definition) is 0. The third kappa shape index (κ3) is 2.74. The lowest BCUT2D eigenvalue weighted by atomic mass is 10.1. The van der Waals surface area contributed by atoms with Gasteiger partial charge in [0.15, 0.2) is 0 Å². The van der Waals surface area contributed by atoms with Crippen molar-refractivity contribution >= 4 is 41.4 Å². The van der Waals surface area contributed by atoms with Crippen LogP contribution < -0.4 is 0 Å². The summed E-state index contributed by atoms with van der Waals surface area (Å²) in [7, 11) is 0.905. The van der Waals surface area contributed by atoms with Gasteiger partial charge in [-0.05, 0) is 12.1 Å². The highest BCUT2D eigenvalue weighted by Gasteiger charge is 2.27. The van der Waals surface area contributed by atoms with Gasteiger partial charge in [0.1, 0.15) is 16.5 Å². The van der Waals surface area contributed by atoms with Crippen molar-refractivity contribution in [2.75, 3.05) is 0 Å². The number of rotatable bonds is 3. The molecule has 0 saturated heterocycles. The number of halogens is 2. The van der Waals surface area contributed by atoms with Crippen molar-refractivity contribution in [1.82, 2.24) is 0 Å². The Balaban J connectivity index is 3.79. The van der Waals surface area contributed by atoms with Crippen LogP contribution in [0, 0.1) is 21.4 Å². The van der Waals surface area contributed by atoms with Crippen LogP contribution in [0.4, 0.5) is 5.69 Å². The van der Waals surface area contributed by atoms with E-state index in [2.05, 4.69) is 15.9 Å². The van der Waals surface area contributed by atoms with Crippen LogP contribution in [0.1, 0.15) is 11.1 Å². The van der Waals surface area contributed by atoms with Crippen molar-refractivity contribution in [3.05, 3.63) is 33.4 Å². The average molecular weight is 340 g/mol. The lowest BCUT2D eigenvalue weighted by molar-refractivity contribution is -0.385. The van der Waals surface area contributed by atoms with Crippen molar-refractivity contribution in [2.24, 2.45) is 0 Å². The summed E-state index contributed by atoms with van der Waals surface area (Å²) >= 11 is 3.02. The van der Waals surface area contributed by atoms with Gasteiger partial charge in [-0.2, -0.15) is 5.26 Å². The zero-order valence-electron chi connectivity index (χ0n) is 8.05. The Hall–Kier alpha value is -1.17. The van der Waals surface area contributed by atoms with Crippen LogP contribution in [-0.4, -0.2) is 13.3 Å². The second-order valence-electron chi connectivity index (χ2n) is 2.89. The molecule has 0 heterocycles. The van der Waals surface area contributed by atoms with E-state index in [0.29, 0.717) is 0 Å². The van der Waals surface area contributed by atoms with E-state index in [0.717, 1.165) is 6.07 Å². The van der Waals surface area contributed by atoms with E-state index < -0.39 is 30.1 Å². The average Bonchev–Trinajstić information content (AvgIpc) is 2.25. The van der Waals surface area contributed by atoms with Crippen molar-refractivity contribution in [3.8, 4) is 6.07 Å². The third-order valence-electron chi connectivity index (χ3n) is 1.92. The fourth-order valence-corrected chi connectivity index (χ4v) is 2.70. The smallest absolute Gasteiger partial charge is 0.258 e. The number of alkyl halides is 1. The zero-order valence-corrected chi connectivity index (χ0v) is 11.2. The summed E-state index contributed by atoms with van der Waals surface area (Å²) in [5.41, 5.74) is -0.899. The number of nitro groups is 1. The van der Waals surface area contributed by atoms with Gasteiger partial charge in [0.2, 0.25) is 0 Å². The second-order valence-corrected chi connectivity index (χ2v) is 5.98. The Kier molecular flexibility index (Phi) is 4.08. The summed E-state index contributed by atoms with van der Waals surface area (Å²) in [5.74, 6) is 0. The molecule has 0 N–H and O–H groups in total. The summed E-state index contributed by atoms with van der Waals surface area (Å²) in [6.07, 6.45) is 0. The van der Waals surface area contributed by atoms with E-state index in [1.165, 1.54) is 12.1 Å². The number of nitro benzene ring substituents is 1. The molecule has 0 fully saturated rings. The first-order valence-electron chi connectivity index (χ1n) is 4.04. The minimum absolute atomic E-state index is 0.126. The van der Waals surface area contributed by atoms with Crippen LogP contribution in [0.2, 0.25) is 0 Å². The third-order valence-corrected chi connectivity index (χ3v) is 3.89. The first-order valence-corrected chi connectivity index (χ1v) is 7.47. The Morgan fingerprint density at radius 2 is 2.12 bits per heavy atom. The molecule has 0 aliphatic heterocycles. The minimum atomic E-state index is -4.20. The monoisotopic (exact) mass is 338 g/mol. The predicted octanol–water partition coefficient (Wildman–Crippen LogP) is 2.29. The first kappa shape index (κ1) is 13.9. The number of nitriles is 1. The zero-order chi connectivity index (χ0) is 13.2. The van der Waals surface area contributed by atoms with Crippen LogP contribution in [0.3, 0.4) is 0 Å². The summed E-state index contributed by atoms with van der Waals surface area (Å²) in [5, 5.41) is 19.8. The van der Waals surface area contributed by atoms with E-state index in [-0.39, 0.29) is 10.9 Å². The van der Waals surface area contributed by atoms with Gasteiger partial charge in [0.05, 0.1) is 4.92 Å². The fraction of sp³-hybridized carbons (Fsp3) is 0.125. The lowest BCUT2D eigenvalue weighted by Crippen LogP contribution is -2.03. The summed E-state index contributed by atoms with van der Waals surface area (Å²) in [6.45, 7) is 0. The highest BCUT2D eigenvalue weighted by Crippen LogP contribution is 2.32. The number of nitrogens with zero attached hydrogens (tertiary/aromatic N) is 2. The predicted molar refractivity (Wildman–Crippen MR) is 63.5 cm³/mol. The van der Waals surface area contributed by atoms with Gasteiger partial charge in [-0.25, -0.2) is 8.42 Å². The van der Waals surface area contributed by atoms with Crippen molar-refractivity contribution in [1.29, 1.82) is 5.26 Å². The molecule has 0 amide bonds. The number of benzene rings is 1.